The number of carbonyl (C=O) groups is 1. The van der Waals surface area contributed by atoms with E-state index >= 15 is 0 Å². The largest absolute Gasteiger partial charge is 0.374 e. The van der Waals surface area contributed by atoms with Gasteiger partial charge in [0.05, 0.1) is 31.4 Å². The van der Waals surface area contributed by atoms with E-state index in [4.69, 9.17) is 9.47 Å². The third-order valence-corrected chi connectivity index (χ3v) is 8.84. The Hall–Kier alpha value is -2.23. The van der Waals surface area contributed by atoms with Crippen LogP contribution in [0.3, 0.4) is 0 Å². The number of hydrogen-bond acceptors (Lipinski definition) is 6. The third-order valence-electron chi connectivity index (χ3n) is 7.59. The Labute approximate surface area is 193 Å². The number of nitrogens with one attached hydrogen (secondary N) is 1. The number of aromatic nitrogens is 2. The van der Waals surface area contributed by atoms with Gasteiger partial charge in [0, 0.05) is 13.2 Å². The fraction of sp³-hybridized carbons (Fsp3) is 0.583. The van der Waals surface area contributed by atoms with Crippen LogP contribution in [0, 0.1) is 0 Å². The predicted molar refractivity (Wildman–Crippen MR) is 120 cm³/mol. The smallest absolute Gasteiger partial charge is 0.283 e. The molecule has 1 aromatic carbocycles. The van der Waals surface area contributed by atoms with Gasteiger partial charge in [0.1, 0.15) is 0 Å². The Morgan fingerprint density at radius 1 is 1.15 bits per heavy atom. The highest BCUT2D eigenvalue weighted by Gasteiger charge is 2.46. The van der Waals surface area contributed by atoms with Crippen LogP contribution in [0.15, 0.2) is 17.2 Å². The molecule has 1 N–H and O–H groups in total. The molecule has 2 heterocycles. The molecule has 4 aliphatic rings. The van der Waals surface area contributed by atoms with Crippen molar-refractivity contribution in [2.24, 2.45) is 0 Å². The van der Waals surface area contributed by atoms with Crippen molar-refractivity contribution in [3.8, 4) is 0 Å². The Bertz CT molecular complexity index is 1200. The highest BCUT2D eigenvalue weighted by Crippen LogP contribution is 2.42. The zero-order valence-corrected chi connectivity index (χ0v) is 19.7. The number of sulfonamides is 1. The van der Waals surface area contributed by atoms with E-state index in [9.17, 15) is 13.2 Å². The van der Waals surface area contributed by atoms with Gasteiger partial charge >= 0.3 is 0 Å². The number of carbonyl (C=O) groups excluding carboxylic acids is 1. The summed E-state index contributed by atoms with van der Waals surface area (Å²) in [6, 6.07) is 4.02. The monoisotopic (exact) mass is 471 g/mol. The van der Waals surface area contributed by atoms with Crippen LogP contribution >= 0.6 is 0 Å². The molecule has 1 amide bonds. The van der Waals surface area contributed by atoms with Crippen LogP contribution in [0.1, 0.15) is 65.2 Å². The molecule has 1 saturated heterocycles. The van der Waals surface area contributed by atoms with Crippen LogP contribution in [0.2, 0.25) is 0 Å². The number of ether oxygens (including phenoxy) is 2. The highest BCUT2D eigenvalue weighted by molar-refractivity contribution is 7.90. The van der Waals surface area contributed by atoms with Crippen LogP contribution in [0.4, 0.5) is 0 Å². The van der Waals surface area contributed by atoms with E-state index in [1.54, 1.807) is 11.8 Å². The van der Waals surface area contributed by atoms with Gasteiger partial charge in [-0.05, 0) is 79.2 Å². The van der Waals surface area contributed by atoms with Crippen molar-refractivity contribution in [2.75, 3.05) is 20.3 Å². The van der Waals surface area contributed by atoms with E-state index in [1.807, 2.05) is 0 Å². The molecule has 0 spiro atoms. The van der Waals surface area contributed by atoms with Crippen molar-refractivity contribution in [3.05, 3.63) is 45.6 Å². The maximum absolute atomic E-state index is 13.2. The summed E-state index contributed by atoms with van der Waals surface area (Å²) in [5.74, 6) is -0.500. The number of methoxy groups -OCH3 is 1. The lowest BCUT2D eigenvalue weighted by Gasteiger charge is -2.40. The molecule has 8 nitrogen and oxygen atoms in total. The molecular weight excluding hydrogens is 442 g/mol. The van der Waals surface area contributed by atoms with Crippen LogP contribution in [0.5, 0.6) is 0 Å². The topological polar surface area (TPSA) is 99.5 Å². The molecule has 0 unspecified atom stereocenters. The SMILES string of the molecule is COC1(c2cc(S(=O)(=O)NC(=O)Cc3c4c(cc5c3CCC5)CCC4)nn2C2CC2)COC1. The molecule has 9 heteroatoms. The first-order chi connectivity index (χ1) is 15.9. The van der Waals surface area contributed by atoms with Gasteiger partial charge in [-0.3, -0.25) is 9.48 Å². The maximum Gasteiger partial charge on any atom is 0.283 e. The van der Waals surface area contributed by atoms with Crippen LogP contribution in [0.25, 0.3) is 0 Å². The summed E-state index contributed by atoms with van der Waals surface area (Å²) in [7, 11) is -2.50. The summed E-state index contributed by atoms with van der Waals surface area (Å²) in [5, 5.41) is 4.26. The number of nitrogens with zero attached hydrogens (tertiary/aromatic N) is 2. The summed E-state index contributed by atoms with van der Waals surface area (Å²) in [4.78, 5) is 13.0. The number of benzene rings is 1. The first-order valence-electron chi connectivity index (χ1n) is 11.8. The molecule has 3 aliphatic carbocycles. The van der Waals surface area contributed by atoms with Crippen molar-refractivity contribution < 1.29 is 22.7 Å². The van der Waals surface area contributed by atoms with Gasteiger partial charge in [0.2, 0.25) is 5.91 Å². The Kier molecular flexibility index (Phi) is 4.94. The van der Waals surface area contributed by atoms with Gasteiger partial charge in [0.15, 0.2) is 10.6 Å². The first-order valence-corrected chi connectivity index (χ1v) is 13.3. The lowest BCUT2D eigenvalue weighted by atomic mass is 9.92. The van der Waals surface area contributed by atoms with E-state index in [0.29, 0.717) is 18.9 Å². The number of hydrogen-bond donors (Lipinski definition) is 1. The molecule has 0 radical (unpaired) electrons. The lowest BCUT2D eigenvalue weighted by molar-refractivity contribution is -0.206. The Morgan fingerprint density at radius 3 is 2.36 bits per heavy atom. The van der Waals surface area contributed by atoms with Crippen LogP contribution < -0.4 is 4.72 Å². The third kappa shape index (κ3) is 3.52. The molecular formula is C24H29N3O5S. The van der Waals surface area contributed by atoms with Gasteiger partial charge in [0.25, 0.3) is 10.0 Å². The fourth-order valence-electron chi connectivity index (χ4n) is 5.65. The van der Waals surface area contributed by atoms with E-state index in [2.05, 4.69) is 15.9 Å². The highest BCUT2D eigenvalue weighted by atomic mass is 32.2. The minimum absolute atomic E-state index is 0.0940. The van der Waals surface area contributed by atoms with Crippen molar-refractivity contribution in [2.45, 2.75) is 74.5 Å². The number of rotatable bonds is 7. The molecule has 176 valence electrons. The molecule has 6 rings (SSSR count). The molecule has 1 aliphatic heterocycles. The minimum atomic E-state index is -4.10. The quantitative estimate of drug-likeness (QED) is 0.664. The summed E-state index contributed by atoms with van der Waals surface area (Å²) < 4.78 is 41.4. The van der Waals surface area contributed by atoms with Crippen molar-refractivity contribution in [1.29, 1.82) is 0 Å². The van der Waals surface area contributed by atoms with Gasteiger partial charge in [-0.25, -0.2) is 4.72 Å². The Balaban J connectivity index is 1.27. The van der Waals surface area contributed by atoms with Crippen molar-refractivity contribution in [1.82, 2.24) is 14.5 Å². The molecule has 33 heavy (non-hydrogen) atoms. The van der Waals surface area contributed by atoms with E-state index < -0.39 is 21.5 Å². The second-order valence-electron chi connectivity index (χ2n) is 9.78. The van der Waals surface area contributed by atoms with Gasteiger partial charge in [-0.15, -0.1) is 0 Å². The molecule has 2 fully saturated rings. The van der Waals surface area contributed by atoms with Gasteiger partial charge in [-0.2, -0.15) is 13.5 Å². The first kappa shape index (κ1) is 21.3. The average Bonchev–Trinajstić information content (AvgIpc) is 3.14. The summed E-state index contributed by atoms with van der Waals surface area (Å²) in [6.45, 7) is 0.718. The van der Waals surface area contributed by atoms with Crippen LogP contribution in [-0.4, -0.2) is 44.4 Å². The van der Waals surface area contributed by atoms with Crippen molar-refractivity contribution in [3.63, 3.8) is 0 Å². The second-order valence-corrected chi connectivity index (χ2v) is 11.4. The Morgan fingerprint density at radius 2 is 1.82 bits per heavy atom. The fourth-order valence-corrected chi connectivity index (χ4v) is 6.58. The molecule has 0 atom stereocenters. The van der Waals surface area contributed by atoms with E-state index in [0.717, 1.165) is 56.9 Å². The molecule has 1 saturated carbocycles. The van der Waals surface area contributed by atoms with Crippen molar-refractivity contribution >= 4 is 15.9 Å². The zero-order chi connectivity index (χ0) is 22.8. The normalized spacial score (nSPS) is 20.9. The van der Waals surface area contributed by atoms with Crippen LogP contribution in [-0.2, 0) is 62.0 Å². The number of aryl methyl sites for hydroxylation is 2. The van der Waals surface area contributed by atoms with E-state index in [1.165, 1.54) is 28.3 Å². The summed E-state index contributed by atoms with van der Waals surface area (Å²) >= 11 is 0. The zero-order valence-electron chi connectivity index (χ0n) is 18.9. The maximum atomic E-state index is 13.2. The average molecular weight is 472 g/mol. The standard InChI is InChI=1S/C24H29N3O5S/c1-31-24(13-32-14-24)21-12-23(25-27(21)17-8-9-17)33(29,30)26-22(28)11-20-18-6-2-4-15(18)10-16-5-3-7-19(16)20/h10,12,17H,2-9,11,13-14H2,1H3,(H,26,28). The minimum Gasteiger partial charge on any atom is -0.374 e. The van der Waals surface area contributed by atoms with E-state index in [-0.39, 0.29) is 17.5 Å². The van der Waals surface area contributed by atoms with Gasteiger partial charge in [-0.1, -0.05) is 6.07 Å². The number of fused-ring (bicyclic) bond motifs is 2. The molecule has 0 bridgehead atoms. The molecule has 2 aromatic rings. The molecule has 1 aromatic heterocycles. The summed E-state index contributed by atoms with van der Waals surface area (Å²) in [5.41, 5.74) is 6.26. The van der Waals surface area contributed by atoms with Gasteiger partial charge < -0.3 is 9.47 Å². The lowest BCUT2D eigenvalue weighted by Crippen LogP contribution is -2.49. The predicted octanol–water partition coefficient (Wildman–Crippen LogP) is 2.11. The number of amides is 1. The summed E-state index contributed by atoms with van der Waals surface area (Å²) in [6.07, 6.45) is 8.20. The second kappa shape index (κ2) is 7.65.